The van der Waals surface area contributed by atoms with Crippen LogP contribution in [0.25, 0.3) is 11.4 Å². The Hall–Kier alpha value is -1.68. The minimum Gasteiger partial charge on any atom is -0.324 e. The van der Waals surface area contributed by atoms with Gasteiger partial charge in [0.05, 0.1) is 6.54 Å². The fourth-order valence-corrected chi connectivity index (χ4v) is 2.31. The molecule has 0 aliphatic carbocycles. The van der Waals surface area contributed by atoms with E-state index in [2.05, 4.69) is 60.7 Å². The molecule has 0 amide bonds. The Bertz CT molecular complexity index is 570. The van der Waals surface area contributed by atoms with Crippen molar-refractivity contribution in [3.63, 3.8) is 0 Å². The molecule has 0 radical (unpaired) electrons. The number of hydrogen-bond acceptors (Lipinski definition) is 3. The molecule has 2 aromatic rings. The first-order valence-corrected chi connectivity index (χ1v) is 6.72. The lowest BCUT2D eigenvalue weighted by atomic mass is 10.0. The molecule has 4 heteroatoms. The van der Waals surface area contributed by atoms with Crippen LogP contribution in [-0.4, -0.2) is 14.8 Å². The molecule has 1 heterocycles. The summed E-state index contributed by atoms with van der Waals surface area (Å²) in [6, 6.07) is 6.40. The number of rotatable bonds is 4. The molecule has 4 nitrogen and oxygen atoms in total. The van der Waals surface area contributed by atoms with E-state index in [0.29, 0.717) is 12.5 Å². The quantitative estimate of drug-likeness (QED) is 0.917. The molecular formula is C15H22N4. The van der Waals surface area contributed by atoms with Crippen molar-refractivity contribution in [2.45, 2.75) is 40.8 Å². The summed E-state index contributed by atoms with van der Waals surface area (Å²) in [7, 11) is 0. The molecule has 2 rings (SSSR count). The van der Waals surface area contributed by atoms with E-state index in [1.54, 1.807) is 0 Å². The monoisotopic (exact) mass is 258 g/mol. The molecule has 0 aliphatic rings. The van der Waals surface area contributed by atoms with Gasteiger partial charge in [-0.15, -0.1) is 10.2 Å². The predicted octanol–water partition coefficient (Wildman–Crippen LogP) is 2.68. The molecule has 0 aliphatic heterocycles. The zero-order valence-electron chi connectivity index (χ0n) is 12.1. The minimum atomic E-state index is 0.421. The smallest absolute Gasteiger partial charge is 0.164 e. The summed E-state index contributed by atoms with van der Waals surface area (Å²) in [6.45, 7) is 9.89. The SMILES string of the molecule is Cc1ccc(-c2nnc(CN)n2CC(C)C)c(C)c1. The molecule has 0 atom stereocenters. The van der Waals surface area contributed by atoms with Crippen molar-refractivity contribution in [2.75, 3.05) is 0 Å². The highest BCUT2D eigenvalue weighted by Crippen LogP contribution is 2.24. The van der Waals surface area contributed by atoms with Crippen LogP contribution in [0.5, 0.6) is 0 Å². The summed E-state index contributed by atoms with van der Waals surface area (Å²) in [4.78, 5) is 0. The van der Waals surface area contributed by atoms with Crippen molar-refractivity contribution in [1.29, 1.82) is 0 Å². The third-order valence-corrected chi connectivity index (χ3v) is 3.18. The lowest BCUT2D eigenvalue weighted by Gasteiger charge is -2.13. The van der Waals surface area contributed by atoms with Crippen molar-refractivity contribution in [2.24, 2.45) is 11.7 Å². The summed E-state index contributed by atoms with van der Waals surface area (Å²) >= 11 is 0. The number of nitrogens with two attached hydrogens (primary N) is 1. The molecule has 2 N–H and O–H groups in total. The van der Waals surface area contributed by atoms with Crippen molar-refractivity contribution in [3.8, 4) is 11.4 Å². The van der Waals surface area contributed by atoms with Gasteiger partial charge in [0, 0.05) is 12.1 Å². The van der Waals surface area contributed by atoms with Crippen LogP contribution in [-0.2, 0) is 13.1 Å². The Labute approximate surface area is 114 Å². The first kappa shape index (κ1) is 13.7. The van der Waals surface area contributed by atoms with E-state index < -0.39 is 0 Å². The topological polar surface area (TPSA) is 56.7 Å². The van der Waals surface area contributed by atoms with Gasteiger partial charge in [-0.1, -0.05) is 37.6 Å². The standard InChI is InChI=1S/C15H22N4/c1-10(2)9-19-14(8-16)17-18-15(19)13-6-5-11(3)7-12(13)4/h5-7,10H,8-9,16H2,1-4H3. The van der Waals surface area contributed by atoms with E-state index >= 15 is 0 Å². The second-order valence-corrected chi connectivity index (χ2v) is 5.47. The third kappa shape index (κ3) is 2.84. The van der Waals surface area contributed by atoms with Gasteiger partial charge in [-0.05, 0) is 25.3 Å². The summed E-state index contributed by atoms with van der Waals surface area (Å²) in [5.41, 5.74) is 9.38. The summed E-state index contributed by atoms with van der Waals surface area (Å²) in [5.74, 6) is 2.31. The second-order valence-electron chi connectivity index (χ2n) is 5.47. The van der Waals surface area contributed by atoms with Crippen molar-refractivity contribution in [1.82, 2.24) is 14.8 Å². The number of benzene rings is 1. The fraction of sp³-hybridized carbons (Fsp3) is 0.467. The normalized spacial score (nSPS) is 11.3. The maximum absolute atomic E-state index is 5.76. The number of aromatic nitrogens is 3. The summed E-state index contributed by atoms with van der Waals surface area (Å²) in [5, 5.41) is 8.55. The fourth-order valence-electron chi connectivity index (χ4n) is 2.31. The van der Waals surface area contributed by atoms with Gasteiger partial charge in [-0.2, -0.15) is 0 Å². The van der Waals surface area contributed by atoms with Crippen LogP contribution in [0.2, 0.25) is 0 Å². The second kappa shape index (κ2) is 5.53. The Balaban J connectivity index is 2.52. The molecule has 0 fully saturated rings. The van der Waals surface area contributed by atoms with Crippen LogP contribution < -0.4 is 5.73 Å². The Kier molecular flexibility index (Phi) is 4.00. The highest BCUT2D eigenvalue weighted by atomic mass is 15.3. The van der Waals surface area contributed by atoms with E-state index in [4.69, 9.17) is 5.73 Å². The number of aryl methyl sites for hydroxylation is 2. The molecule has 0 spiro atoms. The van der Waals surface area contributed by atoms with Gasteiger partial charge in [0.15, 0.2) is 5.82 Å². The van der Waals surface area contributed by atoms with E-state index in [0.717, 1.165) is 23.8 Å². The largest absolute Gasteiger partial charge is 0.324 e. The molecule has 1 aromatic heterocycles. The van der Waals surface area contributed by atoms with E-state index in [1.807, 2.05) is 0 Å². The van der Waals surface area contributed by atoms with Gasteiger partial charge in [0.25, 0.3) is 0 Å². The van der Waals surface area contributed by atoms with Crippen molar-refractivity contribution >= 4 is 0 Å². The highest BCUT2D eigenvalue weighted by molar-refractivity contribution is 5.61. The Morgan fingerprint density at radius 1 is 1.21 bits per heavy atom. The van der Waals surface area contributed by atoms with Crippen LogP contribution >= 0.6 is 0 Å². The predicted molar refractivity (Wildman–Crippen MR) is 77.7 cm³/mol. The van der Waals surface area contributed by atoms with E-state index in [1.165, 1.54) is 11.1 Å². The average Bonchev–Trinajstić information content (AvgIpc) is 2.71. The highest BCUT2D eigenvalue weighted by Gasteiger charge is 2.15. The van der Waals surface area contributed by atoms with Crippen LogP contribution in [0.3, 0.4) is 0 Å². The Morgan fingerprint density at radius 2 is 1.95 bits per heavy atom. The molecule has 0 saturated heterocycles. The molecule has 0 saturated carbocycles. The zero-order chi connectivity index (χ0) is 14.0. The molecule has 102 valence electrons. The first-order chi connectivity index (χ1) is 9.02. The molecule has 0 bridgehead atoms. The molecular weight excluding hydrogens is 236 g/mol. The maximum Gasteiger partial charge on any atom is 0.164 e. The van der Waals surface area contributed by atoms with Crippen LogP contribution in [0.15, 0.2) is 18.2 Å². The van der Waals surface area contributed by atoms with Crippen molar-refractivity contribution < 1.29 is 0 Å². The lowest BCUT2D eigenvalue weighted by molar-refractivity contribution is 0.510. The summed E-state index contributed by atoms with van der Waals surface area (Å²) < 4.78 is 2.14. The van der Waals surface area contributed by atoms with Crippen LogP contribution in [0.1, 0.15) is 30.8 Å². The van der Waals surface area contributed by atoms with Gasteiger partial charge >= 0.3 is 0 Å². The van der Waals surface area contributed by atoms with Crippen LogP contribution in [0.4, 0.5) is 0 Å². The number of hydrogen-bond donors (Lipinski definition) is 1. The minimum absolute atomic E-state index is 0.421. The Morgan fingerprint density at radius 3 is 2.53 bits per heavy atom. The molecule has 1 aromatic carbocycles. The first-order valence-electron chi connectivity index (χ1n) is 6.72. The van der Waals surface area contributed by atoms with Gasteiger partial charge in [-0.25, -0.2) is 0 Å². The average molecular weight is 258 g/mol. The molecule has 19 heavy (non-hydrogen) atoms. The van der Waals surface area contributed by atoms with E-state index in [-0.39, 0.29) is 0 Å². The lowest BCUT2D eigenvalue weighted by Crippen LogP contribution is -2.13. The van der Waals surface area contributed by atoms with E-state index in [9.17, 15) is 0 Å². The van der Waals surface area contributed by atoms with Gasteiger partial charge in [0.2, 0.25) is 0 Å². The van der Waals surface area contributed by atoms with Gasteiger partial charge < -0.3 is 10.3 Å². The van der Waals surface area contributed by atoms with Crippen LogP contribution in [0, 0.1) is 19.8 Å². The van der Waals surface area contributed by atoms with Gasteiger partial charge in [-0.3, -0.25) is 0 Å². The van der Waals surface area contributed by atoms with Gasteiger partial charge in [0.1, 0.15) is 5.82 Å². The van der Waals surface area contributed by atoms with Crippen molar-refractivity contribution in [3.05, 3.63) is 35.2 Å². The zero-order valence-corrected chi connectivity index (χ0v) is 12.1. The summed E-state index contributed by atoms with van der Waals surface area (Å²) in [6.07, 6.45) is 0. The maximum atomic E-state index is 5.76. The number of nitrogens with zero attached hydrogens (tertiary/aromatic N) is 3. The molecule has 0 unspecified atom stereocenters. The third-order valence-electron chi connectivity index (χ3n) is 3.18.